The number of H-pyrrole nitrogens is 1. The first kappa shape index (κ1) is 10.3. The molecule has 0 aliphatic heterocycles. The maximum Gasteiger partial charge on any atom is 0.0784 e. The van der Waals surface area contributed by atoms with Gasteiger partial charge in [0.05, 0.1) is 25.5 Å². The molecule has 1 aromatic heterocycles. The quantitative estimate of drug-likeness (QED) is 0.782. The van der Waals surface area contributed by atoms with Gasteiger partial charge >= 0.3 is 0 Å². The third-order valence-corrected chi connectivity index (χ3v) is 3.36. The molecule has 0 fully saturated rings. The van der Waals surface area contributed by atoms with Crippen LogP contribution in [0, 0.1) is 3.57 Å². The average molecular weight is 339 g/mol. The minimum Gasteiger partial charge on any atom is -0.277 e. The smallest absolute Gasteiger partial charge is 0.0784 e. The molecule has 2 nitrogen and oxygen atoms in total. The standard InChI is InChI=1S/C9H5Cl2IN2/c10-6-2-1-5(3-7(6)11)9-8(12)4-13-14-9/h1-4H,(H,13,14). The Morgan fingerprint density at radius 2 is 2.00 bits per heavy atom. The molecule has 1 heterocycles. The van der Waals surface area contributed by atoms with Crippen LogP contribution in [0.25, 0.3) is 11.3 Å². The summed E-state index contributed by atoms with van der Waals surface area (Å²) in [6.45, 7) is 0. The van der Waals surface area contributed by atoms with Crippen LogP contribution in [0.1, 0.15) is 0 Å². The van der Waals surface area contributed by atoms with Crippen molar-refractivity contribution in [1.82, 2.24) is 10.2 Å². The van der Waals surface area contributed by atoms with E-state index in [2.05, 4.69) is 32.8 Å². The number of aromatic nitrogens is 2. The van der Waals surface area contributed by atoms with Gasteiger partial charge in [0.25, 0.3) is 0 Å². The first-order valence-electron chi connectivity index (χ1n) is 3.83. The van der Waals surface area contributed by atoms with Crippen molar-refractivity contribution in [3.63, 3.8) is 0 Å². The zero-order chi connectivity index (χ0) is 10.1. The normalized spacial score (nSPS) is 10.5. The average Bonchev–Trinajstić information content (AvgIpc) is 2.57. The largest absolute Gasteiger partial charge is 0.277 e. The highest BCUT2D eigenvalue weighted by Gasteiger charge is 2.06. The number of aromatic amines is 1. The molecule has 0 radical (unpaired) electrons. The summed E-state index contributed by atoms with van der Waals surface area (Å²) in [5, 5.41) is 7.96. The van der Waals surface area contributed by atoms with Crippen LogP contribution in [0.3, 0.4) is 0 Å². The molecule has 72 valence electrons. The summed E-state index contributed by atoms with van der Waals surface area (Å²) in [6, 6.07) is 5.50. The van der Waals surface area contributed by atoms with E-state index in [0.29, 0.717) is 10.0 Å². The summed E-state index contributed by atoms with van der Waals surface area (Å²) in [5.41, 5.74) is 1.95. The van der Waals surface area contributed by atoms with Crippen LogP contribution in [-0.4, -0.2) is 10.2 Å². The zero-order valence-corrected chi connectivity index (χ0v) is 10.6. The van der Waals surface area contributed by atoms with Gasteiger partial charge in [-0.3, -0.25) is 5.10 Å². The molecule has 0 saturated heterocycles. The summed E-state index contributed by atoms with van der Waals surface area (Å²) < 4.78 is 1.06. The Labute approximate surface area is 105 Å². The van der Waals surface area contributed by atoms with Gasteiger partial charge in [0.2, 0.25) is 0 Å². The Hall–Kier alpha value is -0.260. The third kappa shape index (κ3) is 1.89. The highest BCUT2D eigenvalue weighted by molar-refractivity contribution is 14.1. The van der Waals surface area contributed by atoms with Gasteiger partial charge < -0.3 is 0 Å². The van der Waals surface area contributed by atoms with Gasteiger partial charge in [-0.15, -0.1) is 0 Å². The monoisotopic (exact) mass is 338 g/mol. The lowest BCUT2D eigenvalue weighted by Crippen LogP contribution is -1.81. The van der Waals surface area contributed by atoms with E-state index in [-0.39, 0.29) is 0 Å². The second-order valence-corrected chi connectivity index (χ2v) is 4.70. The van der Waals surface area contributed by atoms with Crippen molar-refractivity contribution in [3.05, 3.63) is 38.0 Å². The maximum atomic E-state index is 5.91. The van der Waals surface area contributed by atoms with Crippen LogP contribution >= 0.6 is 45.8 Å². The lowest BCUT2D eigenvalue weighted by molar-refractivity contribution is 1.10. The van der Waals surface area contributed by atoms with Gasteiger partial charge in [-0.1, -0.05) is 29.3 Å². The highest BCUT2D eigenvalue weighted by Crippen LogP contribution is 2.29. The predicted molar refractivity (Wildman–Crippen MR) is 66.8 cm³/mol. The number of halogens is 3. The number of nitrogens with one attached hydrogen (secondary N) is 1. The molecule has 0 saturated carbocycles. The third-order valence-electron chi connectivity index (χ3n) is 1.80. The fourth-order valence-corrected chi connectivity index (χ4v) is 1.99. The molecular weight excluding hydrogens is 334 g/mol. The Balaban J connectivity index is 2.53. The molecule has 2 aromatic rings. The first-order chi connectivity index (χ1) is 6.68. The molecule has 0 amide bonds. The molecule has 0 aliphatic carbocycles. The van der Waals surface area contributed by atoms with Crippen LogP contribution in [0.5, 0.6) is 0 Å². The highest BCUT2D eigenvalue weighted by atomic mass is 127. The lowest BCUT2D eigenvalue weighted by Gasteiger charge is -2.00. The van der Waals surface area contributed by atoms with Gasteiger partial charge in [-0.25, -0.2) is 0 Å². The van der Waals surface area contributed by atoms with Crippen molar-refractivity contribution in [1.29, 1.82) is 0 Å². The Bertz CT molecular complexity index is 468. The van der Waals surface area contributed by atoms with E-state index in [0.717, 1.165) is 14.8 Å². The fraction of sp³-hybridized carbons (Fsp3) is 0. The SMILES string of the molecule is Clc1ccc(-c2[nH]ncc2I)cc1Cl. The molecule has 0 spiro atoms. The van der Waals surface area contributed by atoms with E-state index < -0.39 is 0 Å². The number of rotatable bonds is 1. The van der Waals surface area contributed by atoms with E-state index in [4.69, 9.17) is 23.2 Å². The molecule has 5 heteroatoms. The molecule has 0 atom stereocenters. The molecule has 1 aromatic carbocycles. The van der Waals surface area contributed by atoms with Crippen LogP contribution in [0.2, 0.25) is 10.0 Å². The number of benzene rings is 1. The second-order valence-electron chi connectivity index (χ2n) is 2.72. The summed E-state index contributed by atoms with van der Waals surface area (Å²) in [5.74, 6) is 0. The number of nitrogens with zero attached hydrogens (tertiary/aromatic N) is 1. The van der Waals surface area contributed by atoms with E-state index in [1.807, 2.05) is 12.1 Å². The van der Waals surface area contributed by atoms with Crippen molar-refractivity contribution in [2.24, 2.45) is 0 Å². The van der Waals surface area contributed by atoms with E-state index >= 15 is 0 Å². The van der Waals surface area contributed by atoms with Gasteiger partial charge in [0, 0.05) is 5.56 Å². The molecule has 14 heavy (non-hydrogen) atoms. The van der Waals surface area contributed by atoms with Crippen LogP contribution in [0.15, 0.2) is 24.4 Å². The van der Waals surface area contributed by atoms with Gasteiger partial charge in [-0.2, -0.15) is 5.10 Å². The molecule has 0 aliphatic rings. The lowest BCUT2D eigenvalue weighted by atomic mass is 10.2. The number of hydrogen-bond acceptors (Lipinski definition) is 1. The molecule has 0 unspecified atom stereocenters. The van der Waals surface area contributed by atoms with Crippen molar-refractivity contribution in [2.75, 3.05) is 0 Å². The van der Waals surface area contributed by atoms with Gasteiger partial charge in [0.15, 0.2) is 0 Å². The molecule has 1 N–H and O–H groups in total. The van der Waals surface area contributed by atoms with Gasteiger partial charge in [0.1, 0.15) is 0 Å². The summed E-state index contributed by atoms with van der Waals surface area (Å²) in [6.07, 6.45) is 1.76. The van der Waals surface area contributed by atoms with Crippen LogP contribution < -0.4 is 0 Å². The van der Waals surface area contributed by atoms with Gasteiger partial charge in [-0.05, 0) is 34.7 Å². The molecule has 2 rings (SSSR count). The maximum absolute atomic E-state index is 5.91. The first-order valence-corrected chi connectivity index (χ1v) is 5.66. The van der Waals surface area contributed by atoms with Crippen LogP contribution in [0.4, 0.5) is 0 Å². The van der Waals surface area contributed by atoms with Crippen LogP contribution in [-0.2, 0) is 0 Å². The Morgan fingerprint density at radius 3 is 2.57 bits per heavy atom. The van der Waals surface area contributed by atoms with Crippen molar-refractivity contribution >= 4 is 45.8 Å². The second kappa shape index (κ2) is 4.08. The van der Waals surface area contributed by atoms with Crippen molar-refractivity contribution in [2.45, 2.75) is 0 Å². The molecular formula is C9H5Cl2IN2. The Morgan fingerprint density at radius 1 is 1.21 bits per heavy atom. The zero-order valence-electron chi connectivity index (χ0n) is 6.89. The Kier molecular flexibility index (Phi) is 2.99. The molecule has 0 bridgehead atoms. The fourth-order valence-electron chi connectivity index (χ4n) is 1.13. The summed E-state index contributed by atoms with van der Waals surface area (Å²) in [4.78, 5) is 0. The van der Waals surface area contributed by atoms with E-state index in [1.165, 1.54) is 0 Å². The minimum absolute atomic E-state index is 0.551. The van der Waals surface area contributed by atoms with Crippen molar-refractivity contribution < 1.29 is 0 Å². The number of hydrogen-bond donors (Lipinski definition) is 1. The van der Waals surface area contributed by atoms with E-state index in [1.54, 1.807) is 12.3 Å². The summed E-state index contributed by atoms with van der Waals surface area (Å²) in [7, 11) is 0. The van der Waals surface area contributed by atoms with E-state index in [9.17, 15) is 0 Å². The predicted octanol–water partition coefficient (Wildman–Crippen LogP) is 3.99. The van der Waals surface area contributed by atoms with Crippen molar-refractivity contribution in [3.8, 4) is 11.3 Å². The summed E-state index contributed by atoms with van der Waals surface area (Å²) >= 11 is 13.9. The minimum atomic E-state index is 0.551. The topological polar surface area (TPSA) is 28.7 Å².